The van der Waals surface area contributed by atoms with Crippen LogP contribution in [0.25, 0.3) is 0 Å². The van der Waals surface area contributed by atoms with Crippen molar-refractivity contribution in [2.45, 2.75) is 31.3 Å². The second-order valence-electron chi connectivity index (χ2n) is 4.08. The molecule has 15 heavy (non-hydrogen) atoms. The first-order chi connectivity index (χ1) is 7.25. The van der Waals surface area contributed by atoms with E-state index in [2.05, 4.69) is 5.32 Å². The van der Waals surface area contributed by atoms with E-state index in [1.165, 1.54) is 0 Å². The van der Waals surface area contributed by atoms with E-state index < -0.39 is 6.04 Å². The standard InChI is InChI=1S/C12H16N2O/c13-11(12(15)14-10-6-7-10)8-9-4-2-1-3-5-9/h1-5,10-11H,6-8,13H2,(H,14,15)/t11-/m0/s1. The van der Waals surface area contributed by atoms with Crippen LogP contribution in [0.4, 0.5) is 0 Å². The third kappa shape index (κ3) is 3.06. The minimum Gasteiger partial charge on any atom is -0.352 e. The van der Waals surface area contributed by atoms with E-state index in [-0.39, 0.29) is 5.91 Å². The van der Waals surface area contributed by atoms with Crippen LogP contribution in [0, 0.1) is 0 Å². The summed E-state index contributed by atoms with van der Waals surface area (Å²) < 4.78 is 0. The van der Waals surface area contributed by atoms with Crippen LogP contribution >= 0.6 is 0 Å². The minimum atomic E-state index is -0.423. The van der Waals surface area contributed by atoms with Gasteiger partial charge in [-0.3, -0.25) is 4.79 Å². The van der Waals surface area contributed by atoms with Crippen molar-refractivity contribution in [3.63, 3.8) is 0 Å². The fourth-order valence-corrected chi connectivity index (χ4v) is 1.50. The highest BCUT2D eigenvalue weighted by Crippen LogP contribution is 2.18. The van der Waals surface area contributed by atoms with Gasteiger partial charge in [0.05, 0.1) is 6.04 Å². The Hall–Kier alpha value is -1.35. The lowest BCUT2D eigenvalue weighted by Gasteiger charge is -2.11. The Morgan fingerprint density at radius 2 is 2.07 bits per heavy atom. The van der Waals surface area contributed by atoms with Crippen molar-refractivity contribution in [2.75, 3.05) is 0 Å². The SMILES string of the molecule is N[C@@H](Cc1ccccc1)C(=O)NC1CC1. The number of amides is 1. The summed E-state index contributed by atoms with van der Waals surface area (Å²) in [6, 6.07) is 9.82. The second kappa shape index (κ2) is 4.45. The molecule has 0 unspecified atom stereocenters. The highest BCUT2D eigenvalue weighted by atomic mass is 16.2. The van der Waals surface area contributed by atoms with E-state index >= 15 is 0 Å². The lowest BCUT2D eigenvalue weighted by Crippen LogP contribution is -2.42. The lowest BCUT2D eigenvalue weighted by atomic mass is 10.1. The summed E-state index contributed by atoms with van der Waals surface area (Å²) in [5.41, 5.74) is 6.92. The van der Waals surface area contributed by atoms with E-state index in [0.29, 0.717) is 12.5 Å². The molecule has 0 saturated heterocycles. The molecule has 80 valence electrons. The first kappa shape index (κ1) is 10.2. The van der Waals surface area contributed by atoms with Gasteiger partial charge in [0.2, 0.25) is 5.91 Å². The molecule has 1 amide bonds. The molecule has 3 nitrogen and oxygen atoms in total. The highest BCUT2D eigenvalue weighted by molar-refractivity contribution is 5.82. The van der Waals surface area contributed by atoms with Crippen molar-refractivity contribution >= 4 is 5.91 Å². The van der Waals surface area contributed by atoms with Crippen molar-refractivity contribution in [2.24, 2.45) is 5.73 Å². The number of nitrogens with two attached hydrogens (primary N) is 1. The number of benzene rings is 1. The molecule has 1 aromatic rings. The quantitative estimate of drug-likeness (QED) is 0.763. The predicted octanol–water partition coefficient (Wildman–Crippen LogP) is 0.835. The van der Waals surface area contributed by atoms with Crippen LogP contribution in [0.3, 0.4) is 0 Å². The van der Waals surface area contributed by atoms with E-state index in [9.17, 15) is 4.79 Å². The Morgan fingerprint density at radius 1 is 1.40 bits per heavy atom. The summed E-state index contributed by atoms with van der Waals surface area (Å²) in [5.74, 6) is -0.0265. The van der Waals surface area contributed by atoms with Crippen molar-refractivity contribution in [1.82, 2.24) is 5.32 Å². The normalized spacial score (nSPS) is 17.1. The van der Waals surface area contributed by atoms with Gasteiger partial charge in [0, 0.05) is 6.04 Å². The first-order valence-corrected chi connectivity index (χ1v) is 5.35. The fraction of sp³-hybridized carbons (Fsp3) is 0.417. The second-order valence-corrected chi connectivity index (χ2v) is 4.08. The van der Waals surface area contributed by atoms with Crippen LogP contribution in [-0.4, -0.2) is 18.0 Å². The lowest BCUT2D eigenvalue weighted by molar-refractivity contribution is -0.122. The molecular weight excluding hydrogens is 188 g/mol. The Balaban J connectivity index is 1.85. The molecule has 0 spiro atoms. The van der Waals surface area contributed by atoms with Crippen LogP contribution in [0.1, 0.15) is 18.4 Å². The van der Waals surface area contributed by atoms with Crippen molar-refractivity contribution in [1.29, 1.82) is 0 Å². The van der Waals surface area contributed by atoms with Crippen LogP contribution in [0.5, 0.6) is 0 Å². The molecule has 0 bridgehead atoms. The van der Waals surface area contributed by atoms with Crippen molar-refractivity contribution in [3.05, 3.63) is 35.9 Å². The van der Waals surface area contributed by atoms with Crippen molar-refractivity contribution < 1.29 is 4.79 Å². The van der Waals surface area contributed by atoms with E-state index in [0.717, 1.165) is 18.4 Å². The Kier molecular flexibility index (Phi) is 3.02. The van der Waals surface area contributed by atoms with Crippen LogP contribution in [0.2, 0.25) is 0 Å². The average Bonchev–Trinajstić information content (AvgIpc) is 3.03. The number of carbonyl (C=O) groups excluding carboxylic acids is 1. The summed E-state index contributed by atoms with van der Waals surface area (Å²) in [6.45, 7) is 0. The molecule has 1 aliphatic carbocycles. The van der Waals surface area contributed by atoms with Gasteiger partial charge in [-0.2, -0.15) is 0 Å². The molecule has 0 radical (unpaired) electrons. The van der Waals surface area contributed by atoms with Gasteiger partial charge in [-0.15, -0.1) is 0 Å². The molecule has 3 heteroatoms. The molecule has 2 rings (SSSR count). The summed E-state index contributed by atoms with van der Waals surface area (Å²) in [7, 11) is 0. The van der Waals surface area contributed by atoms with E-state index in [1.807, 2.05) is 30.3 Å². The maximum Gasteiger partial charge on any atom is 0.237 e. The van der Waals surface area contributed by atoms with Crippen LogP contribution in [0.15, 0.2) is 30.3 Å². The smallest absolute Gasteiger partial charge is 0.237 e. The average molecular weight is 204 g/mol. The molecule has 1 atom stereocenters. The third-order valence-corrected chi connectivity index (χ3v) is 2.56. The van der Waals surface area contributed by atoms with E-state index in [1.54, 1.807) is 0 Å². The summed E-state index contributed by atoms with van der Waals surface area (Å²) in [4.78, 5) is 11.6. The molecule has 1 fully saturated rings. The maximum atomic E-state index is 11.6. The largest absolute Gasteiger partial charge is 0.352 e. The third-order valence-electron chi connectivity index (χ3n) is 2.56. The van der Waals surface area contributed by atoms with Crippen LogP contribution < -0.4 is 11.1 Å². The number of hydrogen-bond acceptors (Lipinski definition) is 2. The Morgan fingerprint density at radius 3 is 2.67 bits per heavy atom. The zero-order valence-electron chi connectivity index (χ0n) is 8.65. The predicted molar refractivity (Wildman–Crippen MR) is 59.3 cm³/mol. The highest BCUT2D eigenvalue weighted by Gasteiger charge is 2.25. The molecular formula is C12H16N2O. The van der Waals surface area contributed by atoms with Crippen LogP contribution in [-0.2, 0) is 11.2 Å². The Bertz CT molecular complexity index is 333. The van der Waals surface area contributed by atoms with Gasteiger partial charge in [0.1, 0.15) is 0 Å². The monoisotopic (exact) mass is 204 g/mol. The van der Waals surface area contributed by atoms with Gasteiger partial charge in [0.25, 0.3) is 0 Å². The van der Waals surface area contributed by atoms with Gasteiger partial charge in [-0.1, -0.05) is 30.3 Å². The maximum absolute atomic E-state index is 11.6. The number of rotatable bonds is 4. The zero-order chi connectivity index (χ0) is 10.7. The van der Waals surface area contributed by atoms with Gasteiger partial charge in [-0.25, -0.2) is 0 Å². The van der Waals surface area contributed by atoms with Gasteiger partial charge in [0.15, 0.2) is 0 Å². The number of nitrogens with one attached hydrogen (secondary N) is 1. The fourth-order valence-electron chi connectivity index (χ4n) is 1.50. The number of hydrogen-bond donors (Lipinski definition) is 2. The van der Waals surface area contributed by atoms with Gasteiger partial charge in [-0.05, 0) is 24.8 Å². The van der Waals surface area contributed by atoms with Gasteiger partial charge >= 0.3 is 0 Å². The van der Waals surface area contributed by atoms with Gasteiger partial charge < -0.3 is 11.1 Å². The molecule has 0 heterocycles. The molecule has 1 saturated carbocycles. The molecule has 1 aromatic carbocycles. The molecule has 1 aliphatic rings. The summed E-state index contributed by atoms with van der Waals surface area (Å²) in [6.07, 6.45) is 2.81. The minimum absolute atomic E-state index is 0.0265. The molecule has 3 N–H and O–H groups in total. The molecule has 0 aliphatic heterocycles. The molecule has 0 aromatic heterocycles. The summed E-state index contributed by atoms with van der Waals surface area (Å²) in [5, 5.41) is 2.91. The van der Waals surface area contributed by atoms with Crippen molar-refractivity contribution in [3.8, 4) is 0 Å². The first-order valence-electron chi connectivity index (χ1n) is 5.35. The topological polar surface area (TPSA) is 55.1 Å². The Labute approximate surface area is 89.7 Å². The van der Waals surface area contributed by atoms with E-state index in [4.69, 9.17) is 5.73 Å². The zero-order valence-corrected chi connectivity index (χ0v) is 8.65. The number of carbonyl (C=O) groups is 1. The summed E-state index contributed by atoms with van der Waals surface area (Å²) >= 11 is 0.